The number of ketones is 1. The summed E-state index contributed by atoms with van der Waals surface area (Å²) in [5.41, 5.74) is 8.84. The number of nitrogen functional groups attached to an aromatic ring is 1. The number of nitrogens with zero attached hydrogens (tertiary/aromatic N) is 3. The number of hydrogen-bond donors (Lipinski definition) is 1. The van der Waals surface area contributed by atoms with Gasteiger partial charge in [-0.15, -0.1) is 0 Å². The third-order valence-electron chi connectivity index (χ3n) is 5.23. The van der Waals surface area contributed by atoms with E-state index in [1.165, 1.54) is 24.3 Å². The number of rotatable bonds is 6. The Hall–Kier alpha value is -2.29. The minimum absolute atomic E-state index is 0. The van der Waals surface area contributed by atoms with E-state index in [0.717, 1.165) is 50.4 Å². The van der Waals surface area contributed by atoms with Gasteiger partial charge in [-0.25, -0.2) is 13.5 Å². The highest BCUT2D eigenvalue weighted by molar-refractivity contribution is 5.95. The number of benzene rings is 2. The van der Waals surface area contributed by atoms with Crippen LogP contribution in [0.3, 0.4) is 0 Å². The number of para-hydroxylation sites is 2. The molecule has 1 fully saturated rings. The molecule has 0 amide bonds. The highest BCUT2D eigenvalue weighted by atomic mass is 79.9. The molecule has 0 atom stereocenters. The second-order valence-corrected chi connectivity index (χ2v) is 6.97. The van der Waals surface area contributed by atoms with Crippen LogP contribution in [0.15, 0.2) is 48.5 Å². The lowest BCUT2D eigenvalue weighted by atomic mass is 10.1. The average molecular weight is 463 g/mol. The van der Waals surface area contributed by atoms with Crippen molar-refractivity contribution in [3.8, 4) is 0 Å². The second kappa shape index (κ2) is 9.47. The van der Waals surface area contributed by atoms with Crippen LogP contribution >= 0.6 is 0 Å². The number of morpholine rings is 1. The Kier molecular flexibility index (Phi) is 7.00. The second-order valence-electron chi connectivity index (χ2n) is 6.97. The Morgan fingerprint density at radius 1 is 1.07 bits per heavy atom. The smallest absolute Gasteiger partial charge is 0.356 e. The van der Waals surface area contributed by atoms with Crippen molar-refractivity contribution >= 4 is 22.8 Å². The van der Waals surface area contributed by atoms with Crippen molar-refractivity contribution in [2.24, 2.45) is 0 Å². The lowest BCUT2D eigenvalue weighted by Gasteiger charge is -2.25. The first-order chi connectivity index (χ1) is 13.6. The van der Waals surface area contributed by atoms with E-state index in [1.54, 1.807) is 0 Å². The largest absolute Gasteiger partial charge is 1.00 e. The number of fused-ring (bicyclic) bond motifs is 1. The summed E-state index contributed by atoms with van der Waals surface area (Å²) < 4.78 is 22.4. The highest BCUT2D eigenvalue weighted by Crippen LogP contribution is 2.17. The van der Waals surface area contributed by atoms with Gasteiger partial charge in [-0.2, -0.15) is 0 Å². The Labute approximate surface area is 179 Å². The molecule has 1 aliphatic rings. The fraction of sp³-hybridized carbons (Fsp3) is 0.333. The Bertz CT molecular complexity index is 984. The molecule has 154 valence electrons. The zero-order valence-electron chi connectivity index (χ0n) is 16.1. The zero-order valence-corrected chi connectivity index (χ0v) is 17.6. The quantitative estimate of drug-likeness (QED) is 0.372. The molecule has 2 heterocycles. The first-order valence-electron chi connectivity index (χ1n) is 9.49. The molecular weight excluding hydrogens is 439 g/mol. The van der Waals surface area contributed by atoms with Crippen LogP contribution in [0.5, 0.6) is 0 Å². The number of carbonyl (C=O) groups is 1. The predicted molar refractivity (Wildman–Crippen MR) is 105 cm³/mol. The number of nitrogens with two attached hydrogens (primary N) is 1. The average Bonchev–Trinajstić information content (AvgIpc) is 2.99. The summed E-state index contributed by atoms with van der Waals surface area (Å²) in [7, 11) is 0. The molecule has 0 aliphatic carbocycles. The molecule has 29 heavy (non-hydrogen) atoms. The van der Waals surface area contributed by atoms with Crippen molar-refractivity contribution < 1.29 is 35.5 Å². The Balaban J connectivity index is 0.00000240. The molecule has 1 aliphatic heterocycles. The number of halogens is 2. The van der Waals surface area contributed by atoms with Crippen LogP contribution in [0.4, 0.5) is 10.3 Å². The number of hydrogen-bond acceptors (Lipinski definition) is 4. The number of anilines is 1. The first kappa shape index (κ1) is 21.4. The standard InChI is InChI=1S/C21H23FN4O2.BrH/c22-17-7-5-16(6-8-17)20(27)15-26-19-4-2-1-3-18(19)25(21(26)23)10-9-24-11-13-28-14-12-24;/h1-8,23H,9-15H2;1H. The molecule has 3 aromatic rings. The maximum atomic E-state index is 13.1. The van der Waals surface area contributed by atoms with Crippen molar-refractivity contribution in [1.82, 2.24) is 9.47 Å². The molecule has 6 nitrogen and oxygen atoms in total. The van der Waals surface area contributed by atoms with Crippen molar-refractivity contribution in [1.29, 1.82) is 0 Å². The SMILES string of the molecule is Nc1n(CCN2CCOCC2)c2ccccc2[n+]1CC(=O)c1ccc(F)cc1.[Br-]. The summed E-state index contributed by atoms with van der Waals surface area (Å²) in [5, 5.41) is 0. The summed E-state index contributed by atoms with van der Waals surface area (Å²) in [6, 6.07) is 13.5. The van der Waals surface area contributed by atoms with Crippen molar-refractivity contribution in [3.63, 3.8) is 0 Å². The fourth-order valence-corrected chi connectivity index (χ4v) is 3.65. The molecular formula is C21H24BrFN4O2. The van der Waals surface area contributed by atoms with Gasteiger partial charge in [0.05, 0.1) is 19.8 Å². The molecule has 2 N–H and O–H groups in total. The number of carbonyl (C=O) groups excluding carboxylic acids is 1. The van der Waals surface area contributed by atoms with Crippen LogP contribution < -0.4 is 27.3 Å². The molecule has 1 aromatic heterocycles. The summed E-state index contributed by atoms with van der Waals surface area (Å²) in [6.07, 6.45) is 0. The van der Waals surface area contributed by atoms with Crippen molar-refractivity contribution in [2.75, 3.05) is 38.6 Å². The van der Waals surface area contributed by atoms with Crippen molar-refractivity contribution in [3.05, 3.63) is 59.9 Å². The number of ether oxygens (including phenoxy) is 1. The van der Waals surface area contributed by atoms with Crippen LogP contribution in [0, 0.1) is 5.82 Å². The normalized spacial score (nSPS) is 14.7. The summed E-state index contributed by atoms with van der Waals surface area (Å²) in [6.45, 7) is 5.08. The maximum Gasteiger partial charge on any atom is 0.356 e. The van der Waals surface area contributed by atoms with E-state index < -0.39 is 0 Å². The van der Waals surface area contributed by atoms with Gasteiger partial charge >= 0.3 is 5.95 Å². The number of Topliss-reactive ketones (excluding diaryl/α,β-unsaturated/α-hetero) is 1. The van der Waals surface area contributed by atoms with Gasteiger partial charge in [0.25, 0.3) is 0 Å². The van der Waals surface area contributed by atoms with E-state index >= 15 is 0 Å². The van der Waals surface area contributed by atoms with Gasteiger partial charge in [0.2, 0.25) is 0 Å². The minimum atomic E-state index is -0.358. The highest BCUT2D eigenvalue weighted by Gasteiger charge is 2.23. The summed E-state index contributed by atoms with van der Waals surface area (Å²) in [4.78, 5) is 15.1. The molecule has 8 heteroatoms. The first-order valence-corrected chi connectivity index (χ1v) is 9.49. The van der Waals surface area contributed by atoms with E-state index in [0.29, 0.717) is 11.5 Å². The van der Waals surface area contributed by atoms with E-state index in [1.807, 2.05) is 28.8 Å². The molecule has 4 rings (SSSR count). The zero-order chi connectivity index (χ0) is 19.5. The third kappa shape index (κ3) is 4.66. The molecule has 0 radical (unpaired) electrons. The van der Waals surface area contributed by atoms with Gasteiger partial charge in [-0.1, -0.05) is 12.1 Å². The predicted octanol–water partition coefficient (Wildman–Crippen LogP) is -1.13. The topological polar surface area (TPSA) is 64.4 Å². The van der Waals surface area contributed by atoms with Gasteiger partial charge in [0.1, 0.15) is 23.4 Å². The van der Waals surface area contributed by atoms with Crippen LogP contribution in [0.1, 0.15) is 10.4 Å². The molecule has 0 unspecified atom stereocenters. The van der Waals surface area contributed by atoms with Crippen LogP contribution in [0.2, 0.25) is 0 Å². The van der Waals surface area contributed by atoms with Crippen LogP contribution in [0.25, 0.3) is 11.0 Å². The van der Waals surface area contributed by atoms with Gasteiger partial charge in [0.15, 0.2) is 5.78 Å². The summed E-state index contributed by atoms with van der Waals surface area (Å²) >= 11 is 0. The maximum absolute atomic E-state index is 13.1. The van der Waals surface area contributed by atoms with E-state index in [9.17, 15) is 9.18 Å². The molecule has 1 saturated heterocycles. The third-order valence-corrected chi connectivity index (χ3v) is 5.23. The van der Waals surface area contributed by atoms with Gasteiger partial charge in [-0.05, 0) is 36.4 Å². The number of aromatic nitrogens is 2. The van der Waals surface area contributed by atoms with E-state index in [-0.39, 0.29) is 35.1 Å². The minimum Gasteiger partial charge on any atom is -1.00 e. The monoisotopic (exact) mass is 462 g/mol. The Morgan fingerprint density at radius 3 is 2.48 bits per heavy atom. The molecule has 0 spiro atoms. The van der Waals surface area contributed by atoms with Gasteiger partial charge in [0, 0.05) is 25.2 Å². The van der Waals surface area contributed by atoms with Crippen LogP contribution in [-0.2, 0) is 17.8 Å². The van der Waals surface area contributed by atoms with E-state index in [2.05, 4.69) is 9.47 Å². The molecule has 2 aromatic carbocycles. The Morgan fingerprint density at radius 2 is 1.76 bits per heavy atom. The molecule has 0 saturated carbocycles. The fourth-order valence-electron chi connectivity index (χ4n) is 3.65. The van der Waals surface area contributed by atoms with Crippen molar-refractivity contribution in [2.45, 2.75) is 13.1 Å². The van der Waals surface area contributed by atoms with Crippen LogP contribution in [-0.4, -0.2) is 48.1 Å². The number of imidazole rings is 1. The summed E-state index contributed by atoms with van der Waals surface area (Å²) in [5.74, 6) is 0.0844. The lowest BCUT2D eigenvalue weighted by molar-refractivity contribution is -0.642. The van der Waals surface area contributed by atoms with Gasteiger partial charge in [-0.3, -0.25) is 15.4 Å². The lowest BCUT2D eigenvalue weighted by Crippen LogP contribution is -3.00. The van der Waals surface area contributed by atoms with E-state index in [4.69, 9.17) is 10.5 Å². The van der Waals surface area contributed by atoms with Gasteiger partial charge < -0.3 is 21.7 Å². The molecule has 0 bridgehead atoms.